The summed E-state index contributed by atoms with van der Waals surface area (Å²) in [5.41, 5.74) is 0.529. The minimum absolute atomic E-state index is 0.326. The summed E-state index contributed by atoms with van der Waals surface area (Å²) in [6, 6.07) is 0. The van der Waals surface area contributed by atoms with Crippen molar-refractivity contribution in [3.8, 4) is 5.75 Å². The lowest BCUT2D eigenvalue weighted by atomic mass is 10.3. The van der Waals surface area contributed by atoms with E-state index in [1.807, 2.05) is 7.05 Å². The number of rotatable bonds is 4. The van der Waals surface area contributed by atoms with Gasteiger partial charge in [0.25, 0.3) is 0 Å². The molecule has 0 aliphatic rings. The number of esters is 1. The van der Waals surface area contributed by atoms with E-state index in [0.717, 1.165) is 0 Å². The summed E-state index contributed by atoms with van der Waals surface area (Å²) in [4.78, 5) is 11.0. The lowest BCUT2D eigenvalue weighted by Gasteiger charge is -2.00. The van der Waals surface area contributed by atoms with Gasteiger partial charge in [-0.25, -0.2) is 4.79 Å². The van der Waals surface area contributed by atoms with Crippen molar-refractivity contribution in [3.63, 3.8) is 0 Å². The molecule has 0 amide bonds. The molecule has 1 aromatic rings. The fourth-order valence-corrected chi connectivity index (χ4v) is 0.981. The van der Waals surface area contributed by atoms with Crippen LogP contribution < -0.4 is 4.74 Å². The molecule has 0 aliphatic heterocycles. The highest BCUT2D eigenvalue weighted by atomic mass is 16.5. The van der Waals surface area contributed by atoms with Crippen LogP contribution >= 0.6 is 0 Å². The van der Waals surface area contributed by atoms with Gasteiger partial charge in [0, 0.05) is 12.6 Å². The highest BCUT2D eigenvalue weighted by molar-refractivity contribution is 5.87. The van der Waals surface area contributed by atoms with Crippen LogP contribution in [0.3, 0.4) is 0 Å². The van der Waals surface area contributed by atoms with Gasteiger partial charge in [-0.3, -0.25) is 4.68 Å². The highest BCUT2D eigenvalue weighted by Crippen LogP contribution is 2.07. The number of carbonyl (C=O) groups is 1. The molecular formula is C10H14N2O3. The fraction of sp³-hybridized carbons (Fsp3) is 0.400. The van der Waals surface area contributed by atoms with Crippen molar-refractivity contribution in [2.45, 2.75) is 6.92 Å². The van der Waals surface area contributed by atoms with Crippen LogP contribution in [-0.2, 0) is 16.6 Å². The number of nitrogens with zero attached hydrogens (tertiary/aromatic N) is 2. The van der Waals surface area contributed by atoms with Gasteiger partial charge in [0.05, 0.1) is 19.5 Å². The largest absolute Gasteiger partial charge is 0.486 e. The number of methoxy groups -OCH3 is 1. The average molecular weight is 210 g/mol. The Morgan fingerprint density at radius 1 is 1.67 bits per heavy atom. The Morgan fingerprint density at radius 3 is 2.93 bits per heavy atom. The van der Waals surface area contributed by atoms with Gasteiger partial charge < -0.3 is 9.47 Å². The van der Waals surface area contributed by atoms with E-state index in [1.54, 1.807) is 30.1 Å². The van der Waals surface area contributed by atoms with Gasteiger partial charge in [0.1, 0.15) is 6.61 Å². The Labute approximate surface area is 88.3 Å². The van der Waals surface area contributed by atoms with Crippen LogP contribution in [0, 0.1) is 0 Å². The monoisotopic (exact) mass is 210 g/mol. The van der Waals surface area contributed by atoms with E-state index >= 15 is 0 Å². The summed E-state index contributed by atoms with van der Waals surface area (Å²) in [6.07, 6.45) is 5.03. The van der Waals surface area contributed by atoms with Gasteiger partial charge in [0.15, 0.2) is 5.75 Å². The van der Waals surface area contributed by atoms with E-state index in [4.69, 9.17) is 4.74 Å². The number of aromatic nitrogens is 2. The van der Waals surface area contributed by atoms with E-state index < -0.39 is 0 Å². The standard InChI is InChI=1S/C10H14N2O3/c1-8(10(13)14-3)4-5-15-9-6-11-12(2)7-9/h4,6-7H,5H2,1-3H3. The lowest BCUT2D eigenvalue weighted by molar-refractivity contribution is -0.136. The van der Waals surface area contributed by atoms with Crippen LogP contribution in [0.5, 0.6) is 5.75 Å². The normalized spacial score (nSPS) is 11.3. The zero-order valence-electron chi connectivity index (χ0n) is 9.06. The number of hydrogen-bond acceptors (Lipinski definition) is 4. The number of aryl methyl sites for hydroxylation is 1. The minimum atomic E-state index is -0.343. The summed E-state index contributed by atoms with van der Waals surface area (Å²) >= 11 is 0. The van der Waals surface area contributed by atoms with E-state index in [0.29, 0.717) is 17.9 Å². The van der Waals surface area contributed by atoms with Crippen molar-refractivity contribution in [1.82, 2.24) is 9.78 Å². The predicted octanol–water partition coefficient (Wildman–Crippen LogP) is 0.918. The quantitative estimate of drug-likeness (QED) is 0.547. The number of hydrogen-bond donors (Lipinski definition) is 0. The van der Waals surface area contributed by atoms with Gasteiger partial charge >= 0.3 is 5.97 Å². The molecule has 0 bridgehead atoms. The molecule has 5 heteroatoms. The van der Waals surface area contributed by atoms with Crippen LogP contribution in [0.15, 0.2) is 24.0 Å². The molecule has 0 saturated carbocycles. The molecule has 0 aromatic carbocycles. The predicted molar refractivity (Wildman–Crippen MR) is 54.5 cm³/mol. The van der Waals surface area contributed by atoms with Crippen molar-refractivity contribution in [1.29, 1.82) is 0 Å². The van der Waals surface area contributed by atoms with Crippen molar-refractivity contribution in [3.05, 3.63) is 24.0 Å². The Morgan fingerprint density at radius 2 is 2.40 bits per heavy atom. The molecule has 82 valence electrons. The Bertz CT molecular complexity index is 368. The molecule has 0 radical (unpaired) electrons. The maximum atomic E-state index is 11.0. The average Bonchev–Trinajstić information content (AvgIpc) is 2.63. The van der Waals surface area contributed by atoms with Crippen molar-refractivity contribution >= 4 is 5.97 Å². The molecule has 0 aliphatic carbocycles. The molecule has 5 nitrogen and oxygen atoms in total. The third-order valence-electron chi connectivity index (χ3n) is 1.83. The first kappa shape index (κ1) is 11.3. The van der Waals surface area contributed by atoms with Gasteiger partial charge in [0.2, 0.25) is 0 Å². The van der Waals surface area contributed by atoms with Gasteiger partial charge in [-0.15, -0.1) is 0 Å². The van der Waals surface area contributed by atoms with E-state index in [1.165, 1.54) is 7.11 Å². The Hall–Kier alpha value is -1.78. The zero-order chi connectivity index (χ0) is 11.3. The first-order chi connectivity index (χ1) is 7.13. The molecule has 1 rings (SSSR count). The van der Waals surface area contributed by atoms with Gasteiger partial charge in [-0.05, 0) is 13.0 Å². The molecule has 0 spiro atoms. The van der Waals surface area contributed by atoms with Crippen molar-refractivity contribution in [2.75, 3.05) is 13.7 Å². The SMILES string of the molecule is COC(=O)C(C)=CCOc1cnn(C)c1. The Kier molecular flexibility index (Phi) is 3.91. The second-order valence-corrected chi connectivity index (χ2v) is 3.04. The molecular weight excluding hydrogens is 196 g/mol. The second kappa shape index (κ2) is 5.19. The van der Waals surface area contributed by atoms with E-state index in [2.05, 4.69) is 9.84 Å². The molecule has 0 N–H and O–H groups in total. The summed E-state index contributed by atoms with van der Waals surface area (Å²) in [5, 5.41) is 3.95. The van der Waals surface area contributed by atoms with Gasteiger partial charge in [-0.2, -0.15) is 5.10 Å². The maximum absolute atomic E-state index is 11.0. The van der Waals surface area contributed by atoms with Crippen LogP contribution in [0.25, 0.3) is 0 Å². The molecule has 0 atom stereocenters. The smallest absolute Gasteiger partial charge is 0.333 e. The third kappa shape index (κ3) is 3.46. The summed E-state index contributed by atoms with van der Waals surface area (Å²) in [7, 11) is 3.16. The van der Waals surface area contributed by atoms with Gasteiger partial charge in [-0.1, -0.05) is 0 Å². The second-order valence-electron chi connectivity index (χ2n) is 3.04. The summed E-state index contributed by atoms with van der Waals surface area (Å²) < 4.78 is 11.5. The highest BCUT2D eigenvalue weighted by Gasteiger charge is 2.02. The topological polar surface area (TPSA) is 53.4 Å². The molecule has 0 unspecified atom stereocenters. The van der Waals surface area contributed by atoms with E-state index in [9.17, 15) is 4.79 Å². The first-order valence-electron chi connectivity index (χ1n) is 4.50. The minimum Gasteiger partial charge on any atom is -0.486 e. The molecule has 1 aromatic heterocycles. The van der Waals surface area contributed by atoms with Crippen LogP contribution in [0.2, 0.25) is 0 Å². The number of carbonyl (C=O) groups excluding carboxylic acids is 1. The zero-order valence-corrected chi connectivity index (χ0v) is 9.06. The third-order valence-corrected chi connectivity index (χ3v) is 1.83. The Balaban J connectivity index is 2.41. The van der Waals surface area contributed by atoms with Crippen LogP contribution in [0.1, 0.15) is 6.92 Å². The molecule has 1 heterocycles. The molecule has 0 fully saturated rings. The van der Waals surface area contributed by atoms with E-state index in [-0.39, 0.29) is 5.97 Å². The number of ether oxygens (including phenoxy) is 2. The van der Waals surface area contributed by atoms with Crippen LogP contribution in [-0.4, -0.2) is 29.5 Å². The molecule has 0 saturated heterocycles. The van der Waals surface area contributed by atoms with Crippen LogP contribution in [0.4, 0.5) is 0 Å². The fourth-order valence-electron chi connectivity index (χ4n) is 0.981. The first-order valence-corrected chi connectivity index (χ1v) is 4.50. The van der Waals surface area contributed by atoms with Crippen molar-refractivity contribution in [2.24, 2.45) is 7.05 Å². The lowest BCUT2D eigenvalue weighted by Crippen LogP contribution is -2.03. The van der Waals surface area contributed by atoms with Crippen molar-refractivity contribution < 1.29 is 14.3 Å². The summed E-state index contributed by atoms with van der Waals surface area (Å²) in [5.74, 6) is 0.330. The molecule has 15 heavy (non-hydrogen) atoms. The summed E-state index contributed by atoms with van der Waals surface area (Å²) in [6.45, 7) is 2.01. The maximum Gasteiger partial charge on any atom is 0.333 e.